The largest absolute Gasteiger partial charge is 0.714 e. The van der Waals surface area contributed by atoms with E-state index >= 15 is 26.3 Å². The first-order chi connectivity index (χ1) is 28.1. The molecule has 0 saturated carbocycles. The van der Waals surface area contributed by atoms with E-state index in [0.29, 0.717) is 0 Å². The predicted molar refractivity (Wildman–Crippen MR) is 182 cm³/mol. The van der Waals surface area contributed by atoms with E-state index in [2.05, 4.69) is 0 Å². The quantitative estimate of drug-likeness (QED) is 0.0290. The molecular weight excluding hydrogens is 824 g/mol. The molecule has 0 spiro atoms. The fourth-order valence-electron chi connectivity index (χ4n) is 6.32. The molecule has 3 nitrogen and oxygen atoms in total. The molecule has 2 aliphatic carbocycles. The van der Waals surface area contributed by atoms with Gasteiger partial charge in [0.2, 0.25) is 17.5 Å². The second-order valence-corrected chi connectivity index (χ2v) is 12.6. The normalized spacial score (nSPS) is 14.6. The molecule has 0 atom stereocenters. The zero-order chi connectivity index (χ0) is 43.2. The molecule has 0 N–H and O–H groups in total. The maximum atomic E-state index is 15.7. The third-order valence-corrected chi connectivity index (χ3v) is 9.02. The van der Waals surface area contributed by atoms with E-state index in [4.69, 9.17) is 14.0 Å². The van der Waals surface area contributed by atoms with Gasteiger partial charge in [0, 0.05) is 16.7 Å². The lowest BCUT2D eigenvalue weighted by atomic mass is 9.65. The third kappa shape index (κ3) is 8.95. The second-order valence-electron chi connectivity index (χ2n) is 12.6. The zero-order valence-corrected chi connectivity index (χ0v) is 29.7. The van der Waals surface area contributed by atoms with Crippen LogP contribution in [0.25, 0.3) is 0 Å². The summed E-state index contributed by atoms with van der Waals surface area (Å²) >= 11 is 0. The molecular formula is C40H26BF15O3. The van der Waals surface area contributed by atoms with Crippen molar-refractivity contribution in [1.82, 2.24) is 0 Å². The van der Waals surface area contributed by atoms with Crippen molar-refractivity contribution in [3.63, 3.8) is 0 Å². The Morgan fingerprint density at radius 3 is 1.03 bits per heavy atom. The molecule has 3 aromatic rings. The molecule has 19 heteroatoms. The Hall–Kier alpha value is -5.43. The Kier molecular flexibility index (Phi) is 14.5. The van der Waals surface area contributed by atoms with E-state index in [-0.39, 0.29) is 12.8 Å². The number of hydrogen-bond donors (Lipinski definition) is 0. The van der Waals surface area contributed by atoms with Crippen LogP contribution < -0.4 is 0 Å². The lowest BCUT2D eigenvalue weighted by Crippen LogP contribution is -2.39. The first-order valence-electron chi connectivity index (χ1n) is 17.3. The summed E-state index contributed by atoms with van der Waals surface area (Å²) in [6, 6.07) is 0. The van der Waals surface area contributed by atoms with E-state index in [1.165, 1.54) is 6.08 Å². The van der Waals surface area contributed by atoms with E-state index in [1.54, 1.807) is 72.9 Å². The van der Waals surface area contributed by atoms with Crippen molar-refractivity contribution in [2.24, 2.45) is 0 Å². The van der Waals surface area contributed by atoms with Crippen LogP contribution in [0.2, 0.25) is 0 Å². The van der Waals surface area contributed by atoms with Crippen LogP contribution >= 0.6 is 0 Å². The lowest BCUT2D eigenvalue weighted by molar-refractivity contribution is 0.107. The minimum absolute atomic E-state index is 0.0480. The van der Waals surface area contributed by atoms with Gasteiger partial charge < -0.3 is 14.0 Å². The smallest absolute Gasteiger partial charge is 0.518 e. The second kappa shape index (κ2) is 19.1. The molecule has 0 fully saturated rings. The van der Waals surface area contributed by atoms with Gasteiger partial charge >= 0.3 is 7.32 Å². The summed E-state index contributed by atoms with van der Waals surface area (Å²) in [4.78, 5) is 0. The van der Waals surface area contributed by atoms with Crippen LogP contribution in [-0.4, -0.2) is 19.5 Å². The summed E-state index contributed by atoms with van der Waals surface area (Å²) in [5.74, 6) is -45.5. The van der Waals surface area contributed by atoms with Gasteiger partial charge in [-0.1, -0.05) is 91.8 Å². The van der Waals surface area contributed by atoms with Crippen LogP contribution in [-0.2, 0) is 19.4 Å². The number of hydrogen-bond acceptors (Lipinski definition) is 3. The monoisotopic (exact) mass is 850 g/mol. The van der Waals surface area contributed by atoms with Gasteiger partial charge in [-0.3, -0.25) is 0 Å². The van der Waals surface area contributed by atoms with Gasteiger partial charge in [-0.25, -0.2) is 65.9 Å². The zero-order valence-electron chi connectivity index (χ0n) is 29.7. The fourth-order valence-corrected chi connectivity index (χ4v) is 6.32. The molecule has 0 aromatic heterocycles. The van der Waals surface area contributed by atoms with Gasteiger partial charge in [0.05, 0.1) is 23.9 Å². The Bertz CT molecular complexity index is 1970. The van der Waals surface area contributed by atoms with Crippen LogP contribution in [0.4, 0.5) is 65.9 Å². The van der Waals surface area contributed by atoms with E-state index in [1.807, 2.05) is 0 Å². The molecule has 312 valence electrons. The van der Waals surface area contributed by atoms with Gasteiger partial charge in [-0.05, 0) is 19.3 Å². The summed E-state index contributed by atoms with van der Waals surface area (Å²) in [6.07, 6.45) is 18.4. The van der Waals surface area contributed by atoms with E-state index in [0.717, 1.165) is 6.26 Å². The SMILES string of the molecule is Fc1c(F)c(F)c(C(CCCCCC=COB(OC2C=CC=CC=C2)OC2C=CC=CC=C2)(c2c(F)c(F)c(F)c(F)c2F)c2c(F)c(F)c(F)c(F)c2F)c(F)c1F. The maximum absolute atomic E-state index is 15.7. The molecule has 2 aliphatic rings. The molecule has 0 saturated heterocycles. The number of benzene rings is 3. The van der Waals surface area contributed by atoms with Crippen molar-refractivity contribution < 1.29 is 79.8 Å². The molecule has 0 unspecified atom stereocenters. The lowest BCUT2D eigenvalue weighted by Gasteiger charge is -2.37. The highest BCUT2D eigenvalue weighted by Crippen LogP contribution is 2.52. The van der Waals surface area contributed by atoms with Crippen LogP contribution in [0.15, 0.2) is 85.3 Å². The maximum Gasteiger partial charge on any atom is 0.714 e. The van der Waals surface area contributed by atoms with Crippen LogP contribution in [0.5, 0.6) is 0 Å². The highest BCUT2D eigenvalue weighted by Gasteiger charge is 2.53. The van der Waals surface area contributed by atoms with Crippen LogP contribution in [0.1, 0.15) is 48.8 Å². The van der Waals surface area contributed by atoms with E-state index < -0.39 is 148 Å². The molecule has 0 amide bonds. The standard InChI is InChI=1S/C40H26BF15O3/c42-25-22(26(43)32(49)37(54)31(25)48)40(23-27(44)33(50)38(55)34(51)28(23)45,24-29(46)35(52)39(56)36(53)30(24)47)18-12-6-1-7-13-19-57-41(58-20-14-8-2-3-9-15-20)59-21-16-10-4-5-11-17-21/h2-5,8-11,13-17,19-21H,1,6-7,12,18H2. The van der Waals surface area contributed by atoms with Crippen LogP contribution in [0, 0.1) is 87.3 Å². The Balaban J connectivity index is 1.52. The summed E-state index contributed by atoms with van der Waals surface area (Å²) in [5.41, 5.74) is -12.6. The Labute approximate surface area is 325 Å². The van der Waals surface area contributed by atoms with Crippen molar-refractivity contribution in [3.05, 3.63) is 189 Å². The van der Waals surface area contributed by atoms with Gasteiger partial charge in [-0.2, -0.15) is 0 Å². The Morgan fingerprint density at radius 1 is 0.407 bits per heavy atom. The van der Waals surface area contributed by atoms with Crippen molar-refractivity contribution in [2.75, 3.05) is 0 Å². The summed E-state index contributed by atoms with van der Waals surface area (Å²) in [5, 5.41) is 0. The number of allylic oxidation sites excluding steroid dienone is 9. The summed E-state index contributed by atoms with van der Waals surface area (Å²) in [6.45, 7) is 0. The summed E-state index contributed by atoms with van der Waals surface area (Å²) in [7, 11) is -1.34. The Morgan fingerprint density at radius 2 is 0.712 bits per heavy atom. The number of rotatable bonds is 15. The van der Waals surface area contributed by atoms with Gasteiger partial charge in [0.15, 0.2) is 69.8 Å². The van der Waals surface area contributed by atoms with Crippen molar-refractivity contribution in [2.45, 2.75) is 49.7 Å². The van der Waals surface area contributed by atoms with E-state index in [9.17, 15) is 39.5 Å². The molecule has 0 heterocycles. The van der Waals surface area contributed by atoms with Crippen molar-refractivity contribution in [3.8, 4) is 0 Å². The third-order valence-electron chi connectivity index (χ3n) is 9.02. The predicted octanol–water partition coefficient (Wildman–Crippen LogP) is 11.7. The minimum Gasteiger partial charge on any atom is -0.518 e. The van der Waals surface area contributed by atoms with Crippen molar-refractivity contribution in [1.29, 1.82) is 0 Å². The van der Waals surface area contributed by atoms with Gasteiger partial charge in [0.25, 0.3) is 0 Å². The highest BCUT2D eigenvalue weighted by molar-refractivity contribution is 6.37. The topological polar surface area (TPSA) is 27.7 Å². The molecule has 0 bridgehead atoms. The average Bonchev–Trinajstić information content (AvgIpc) is 3.65. The first kappa shape index (κ1) is 44.7. The number of unbranched alkanes of at least 4 members (excludes halogenated alkanes) is 3. The van der Waals surface area contributed by atoms with Gasteiger partial charge in [0.1, 0.15) is 0 Å². The molecule has 0 radical (unpaired) electrons. The first-order valence-corrected chi connectivity index (χ1v) is 17.3. The van der Waals surface area contributed by atoms with Gasteiger partial charge in [-0.15, -0.1) is 0 Å². The average molecular weight is 850 g/mol. The highest BCUT2D eigenvalue weighted by atomic mass is 19.2. The van der Waals surface area contributed by atoms with Crippen molar-refractivity contribution >= 4 is 7.32 Å². The molecule has 3 aromatic carbocycles. The minimum atomic E-state index is -4.52. The fraction of sp³-hybridized carbons (Fsp3) is 0.200. The number of halogens is 15. The molecule has 5 rings (SSSR count). The molecule has 0 aliphatic heterocycles. The molecule has 59 heavy (non-hydrogen) atoms. The summed E-state index contributed by atoms with van der Waals surface area (Å²) < 4.78 is 242. The van der Waals surface area contributed by atoms with Crippen LogP contribution in [0.3, 0.4) is 0 Å².